The molecule has 0 aliphatic carbocycles. The van der Waals surface area contributed by atoms with Crippen LogP contribution in [0.4, 0.5) is 10.5 Å². The Hall–Kier alpha value is -1.23. The zero-order valence-corrected chi connectivity index (χ0v) is 12.9. The van der Waals surface area contributed by atoms with E-state index in [2.05, 4.69) is 15.9 Å². The first-order valence-corrected chi connectivity index (χ1v) is 6.34. The fourth-order valence-electron chi connectivity index (χ4n) is 1.31. The fourth-order valence-corrected chi connectivity index (χ4v) is 1.82. The summed E-state index contributed by atoms with van der Waals surface area (Å²) < 4.78 is 11.3. The lowest BCUT2D eigenvalue weighted by molar-refractivity contribution is 0.0589. The maximum absolute atomic E-state index is 12.0. The second kappa shape index (κ2) is 6.80. The molecule has 0 N–H and O–H groups in total. The number of halogens is 1. The van der Waals surface area contributed by atoms with Gasteiger partial charge in [0.25, 0.3) is 0 Å². The molecule has 5 heteroatoms. The summed E-state index contributed by atoms with van der Waals surface area (Å²) in [5, 5.41) is 0. The zero-order valence-electron chi connectivity index (χ0n) is 11.3. The Balaban J connectivity index is 0.00000324. The van der Waals surface area contributed by atoms with Gasteiger partial charge in [0, 0.05) is 17.6 Å². The molecule has 0 radical (unpaired) electrons. The average Bonchev–Trinajstić information content (AvgIpc) is 2.26. The first-order chi connectivity index (χ1) is 8.24. The van der Waals surface area contributed by atoms with Crippen LogP contribution in [-0.4, -0.2) is 25.9 Å². The molecule has 108 valence electrons. The highest BCUT2D eigenvalue weighted by Gasteiger charge is 2.22. The van der Waals surface area contributed by atoms with Crippen LogP contribution in [0.1, 0.15) is 28.2 Å². The van der Waals surface area contributed by atoms with Gasteiger partial charge in [0.05, 0.1) is 12.8 Å². The third-order valence-corrected chi connectivity index (χ3v) is 2.85. The molecule has 0 heterocycles. The molecule has 1 amide bonds. The molecule has 0 aliphatic heterocycles. The van der Waals surface area contributed by atoms with Crippen molar-refractivity contribution < 1.29 is 14.3 Å². The number of hydrogen-bond donors (Lipinski definition) is 0. The van der Waals surface area contributed by atoms with Gasteiger partial charge in [-0.2, -0.15) is 0 Å². The Morgan fingerprint density at radius 1 is 1.32 bits per heavy atom. The van der Waals surface area contributed by atoms with Gasteiger partial charge >= 0.3 is 6.09 Å². The van der Waals surface area contributed by atoms with Crippen molar-refractivity contribution in [2.45, 2.75) is 33.8 Å². The van der Waals surface area contributed by atoms with Gasteiger partial charge in [0.2, 0.25) is 0 Å². The summed E-state index contributed by atoms with van der Waals surface area (Å²) in [7, 11) is 3.24. The largest absolute Gasteiger partial charge is 0.497 e. The maximum atomic E-state index is 12.0. The fraction of sp³-hybridized carbons (Fsp3) is 0.500. The van der Waals surface area contributed by atoms with E-state index in [4.69, 9.17) is 9.47 Å². The van der Waals surface area contributed by atoms with Gasteiger partial charge in [0.15, 0.2) is 0 Å². The second-order valence-electron chi connectivity index (χ2n) is 4.86. The summed E-state index contributed by atoms with van der Waals surface area (Å²) in [6, 6.07) is 5.42. The summed E-state index contributed by atoms with van der Waals surface area (Å²) in [5.41, 5.74) is 0.181. The molecular weight excluding hydrogens is 310 g/mol. The third kappa shape index (κ3) is 5.11. The summed E-state index contributed by atoms with van der Waals surface area (Å²) in [6.07, 6.45) is -0.406. The highest BCUT2D eigenvalue weighted by atomic mass is 79.9. The van der Waals surface area contributed by atoms with Crippen molar-refractivity contribution in [3.63, 3.8) is 0 Å². The standard InChI is InChI=1S/C13H18BrNO3.CH4/c1-13(2,3)18-12(16)15(4)11-8-9(17-5)6-7-10(11)14;/h6-8H,1-5H3;1H4. The summed E-state index contributed by atoms with van der Waals surface area (Å²) in [4.78, 5) is 13.4. The predicted molar refractivity (Wildman–Crippen MR) is 82.1 cm³/mol. The zero-order chi connectivity index (χ0) is 13.9. The van der Waals surface area contributed by atoms with Crippen molar-refractivity contribution >= 4 is 27.7 Å². The SMILES string of the molecule is C.COc1ccc(Br)c(N(C)C(=O)OC(C)(C)C)c1. The van der Waals surface area contributed by atoms with E-state index < -0.39 is 11.7 Å². The summed E-state index contributed by atoms with van der Waals surface area (Å²) in [5.74, 6) is 0.684. The van der Waals surface area contributed by atoms with Crippen molar-refractivity contribution in [3.8, 4) is 5.75 Å². The molecule has 1 rings (SSSR count). The molecule has 4 nitrogen and oxygen atoms in total. The molecular formula is C14H22BrNO3. The van der Waals surface area contributed by atoms with E-state index in [0.717, 1.165) is 4.47 Å². The van der Waals surface area contributed by atoms with E-state index in [1.807, 2.05) is 32.9 Å². The minimum atomic E-state index is -0.517. The minimum absolute atomic E-state index is 0. The number of methoxy groups -OCH3 is 1. The molecule has 19 heavy (non-hydrogen) atoms. The number of hydrogen-bond acceptors (Lipinski definition) is 3. The molecule has 0 atom stereocenters. The van der Waals surface area contributed by atoms with Gasteiger partial charge in [-0.05, 0) is 48.8 Å². The van der Waals surface area contributed by atoms with Crippen LogP contribution in [0, 0.1) is 0 Å². The van der Waals surface area contributed by atoms with E-state index in [1.165, 1.54) is 4.90 Å². The Bertz CT molecular complexity index is 441. The Labute approximate surface area is 123 Å². The summed E-state index contributed by atoms with van der Waals surface area (Å²) >= 11 is 3.40. The monoisotopic (exact) mass is 331 g/mol. The first-order valence-electron chi connectivity index (χ1n) is 5.55. The van der Waals surface area contributed by atoms with Crippen molar-refractivity contribution in [1.29, 1.82) is 0 Å². The number of rotatable bonds is 2. The topological polar surface area (TPSA) is 38.8 Å². The number of benzene rings is 1. The third-order valence-electron chi connectivity index (χ3n) is 2.18. The van der Waals surface area contributed by atoms with Crippen molar-refractivity contribution in [3.05, 3.63) is 22.7 Å². The average molecular weight is 332 g/mol. The van der Waals surface area contributed by atoms with E-state index >= 15 is 0 Å². The van der Waals surface area contributed by atoms with Crippen LogP contribution in [0.3, 0.4) is 0 Å². The smallest absolute Gasteiger partial charge is 0.414 e. The molecule has 1 aromatic carbocycles. The molecule has 0 fully saturated rings. The van der Waals surface area contributed by atoms with E-state index in [9.17, 15) is 4.79 Å². The number of carbonyl (C=O) groups excluding carboxylic acids is 1. The van der Waals surface area contributed by atoms with Crippen LogP contribution < -0.4 is 9.64 Å². The Morgan fingerprint density at radius 3 is 2.37 bits per heavy atom. The molecule has 0 unspecified atom stereocenters. The van der Waals surface area contributed by atoms with E-state index in [0.29, 0.717) is 11.4 Å². The number of nitrogens with zero attached hydrogens (tertiary/aromatic N) is 1. The van der Waals surface area contributed by atoms with Crippen LogP contribution in [-0.2, 0) is 4.74 Å². The molecule has 0 aromatic heterocycles. The second-order valence-corrected chi connectivity index (χ2v) is 5.71. The Kier molecular flexibility index (Phi) is 6.36. The van der Waals surface area contributed by atoms with Crippen LogP contribution >= 0.6 is 15.9 Å². The van der Waals surface area contributed by atoms with Gasteiger partial charge < -0.3 is 9.47 Å². The van der Waals surface area contributed by atoms with Gasteiger partial charge in [-0.1, -0.05) is 7.43 Å². The Morgan fingerprint density at radius 2 is 1.89 bits per heavy atom. The highest BCUT2D eigenvalue weighted by molar-refractivity contribution is 9.10. The van der Waals surface area contributed by atoms with Crippen LogP contribution in [0.5, 0.6) is 5.75 Å². The molecule has 0 saturated heterocycles. The lowest BCUT2D eigenvalue weighted by Crippen LogP contribution is -2.34. The van der Waals surface area contributed by atoms with Gasteiger partial charge in [-0.3, -0.25) is 4.90 Å². The van der Waals surface area contributed by atoms with Gasteiger partial charge in [-0.25, -0.2) is 4.79 Å². The molecule has 1 aromatic rings. The molecule has 0 bridgehead atoms. The van der Waals surface area contributed by atoms with E-state index in [-0.39, 0.29) is 7.43 Å². The lowest BCUT2D eigenvalue weighted by atomic mass is 10.2. The van der Waals surface area contributed by atoms with Crippen molar-refractivity contribution in [2.24, 2.45) is 0 Å². The predicted octanol–water partition coefficient (Wildman–Crippen LogP) is 4.47. The van der Waals surface area contributed by atoms with Crippen LogP contribution in [0.25, 0.3) is 0 Å². The van der Waals surface area contributed by atoms with Crippen molar-refractivity contribution in [2.75, 3.05) is 19.1 Å². The van der Waals surface area contributed by atoms with Crippen LogP contribution in [0.2, 0.25) is 0 Å². The number of amides is 1. The van der Waals surface area contributed by atoms with Gasteiger partial charge in [0.1, 0.15) is 11.4 Å². The summed E-state index contributed by atoms with van der Waals surface area (Å²) in [6.45, 7) is 5.50. The van der Waals surface area contributed by atoms with Gasteiger partial charge in [-0.15, -0.1) is 0 Å². The van der Waals surface area contributed by atoms with E-state index in [1.54, 1.807) is 20.2 Å². The van der Waals surface area contributed by atoms with Crippen molar-refractivity contribution in [1.82, 2.24) is 0 Å². The lowest BCUT2D eigenvalue weighted by Gasteiger charge is -2.25. The highest BCUT2D eigenvalue weighted by Crippen LogP contribution is 2.30. The normalized spacial score (nSPS) is 10.4. The first kappa shape index (κ1) is 17.8. The molecule has 0 aliphatic rings. The molecule has 0 saturated carbocycles. The number of carbonyl (C=O) groups is 1. The quantitative estimate of drug-likeness (QED) is 0.802. The minimum Gasteiger partial charge on any atom is -0.497 e. The molecule has 0 spiro atoms. The number of anilines is 1. The number of ether oxygens (including phenoxy) is 2. The maximum Gasteiger partial charge on any atom is 0.414 e. The van der Waals surface area contributed by atoms with Crippen LogP contribution in [0.15, 0.2) is 22.7 Å².